The molecule has 21 heavy (non-hydrogen) atoms. The van der Waals surface area contributed by atoms with Gasteiger partial charge in [0.15, 0.2) is 0 Å². The Morgan fingerprint density at radius 3 is 2.76 bits per heavy atom. The number of para-hydroxylation sites is 1. The third kappa shape index (κ3) is 2.69. The highest BCUT2D eigenvalue weighted by atomic mass is 79.9. The lowest BCUT2D eigenvalue weighted by Gasteiger charge is -2.30. The number of aryl methyl sites for hydroxylation is 1. The van der Waals surface area contributed by atoms with Gasteiger partial charge in [-0.15, -0.1) is 0 Å². The maximum absolute atomic E-state index is 14.1. The molecule has 0 fully saturated rings. The Morgan fingerprint density at radius 1 is 1.19 bits per heavy atom. The summed E-state index contributed by atoms with van der Waals surface area (Å²) in [6.07, 6.45) is 0.794. The average molecular weight is 353 g/mol. The Balaban J connectivity index is 2.00. The van der Waals surface area contributed by atoms with Gasteiger partial charge in [0.1, 0.15) is 17.4 Å². The van der Waals surface area contributed by atoms with E-state index in [4.69, 9.17) is 4.74 Å². The first-order chi connectivity index (χ1) is 10.1. The third-order valence-electron chi connectivity index (χ3n) is 3.93. The number of halogens is 3. The van der Waals surface area contributed by atoms with Crippen molar-refractivity contribution in [2.75, 3.05) is 6.61 Å². The van der Waals surface area contributed by atoms with E-state index in [-0.39, 0.29) is 10.7 Å². The van der Waals surface area contributed by atoms with Crippen LogP contribution in [0.3, 0.4) is 0 Å². The van der Waals surface area contributed by atoms with Crippen LogP contribution in [-0.4, -0.2) is 6.61 Å². The SMILES string of the molecule is Cc1cc(C(Br)C2CCOc3ccccc32)c(F)cc1F. The second kappa shape index (κ2) is 5.76. The summed E-state index contributed by atoms with van der Waals surface area (Å²) < 4.78 is 33.2. The van der Waals surface area contributed by atoms with E-state index in [0.717, 1.165) is 23.8 Å². The highest BCUT2D eigenvalue weighted by molar-refractivity contribution is 9.09. The van der Waals surface area contributed by atoms with E-state index in [2.05, 4.69) is 15.9 Å². The summed E-state index contributed by atoms with van der Waals surface area (Å²) >= 11 is 3.61. The predicted molar refractivity (Wildman–Crippen MR) is 82.1 cm³/mol. The fourth-order valence-electron chi connectivity index (χ4n) is 2.78. The smallest absolute Gasteiger partial charge is 0.130 e. The van der Waals surface area contributed by atoms with Gasteiger partial charge in [-0.25, -0.2) is 8.78 Å². The fourth-order valence-corrected chi connectivity index (χ4v) is 3.68. The zero-order valence-corrected chi connectivity index (χ0v) is 13.2. The summed E-state index contributed by atoms with van der Waals surface area (Å²) in [4.78, 5) is -0.207. The Kier molecular flexibility index (Phi) is 3.98. The second-order valence-corrected chi connectivity index (χ2v) is 6.29. The highest BCUT2D eigenvalue weighted by Gasteiger charge is 2.30. The predicted octanol–water partition coefficient (Wildman–Crippen LogP) is 5.28. The number of alkyl halides is 1. The highest BCUT2D eigenvalue weighted by Crippen LogP contribution is 2.46. The number of rotatable bonds is 2. The van der Waals surface area contributed by atoms with Crippen molar-refractivity contribution in [3.63, 3.8) is 0 Å². The molecular formula is C17H15BrF2O. The summed E-state index contributed by atoms with van der Waals surface area (Å²) in [5, 5.41) is 0. The molecule has 0 saturated heterocycles. The van der Waals surface area contributed by atoms with Crippen molar-refractivity contribution < 1.29 is 13.5 Å². The van der Waals surface area contributed by atoms with Gasteiger partial charge in [0.2, 0.25) is 0 Å². The summed E-state index contributed by atoms with van der Waals surface area (Å²) in [7, 11) is 0. The van der Waals surface area contributed by atoms with E-state index in [1.165, 1.54) is 0 Å². The molecule has 1 aliphatic rings. The first kappa shape index (κ1) is 14.5. The number of hydrogen-bond acceptors (Lipinski definition) is 1. The molecule has 0 spiro atoms. The van der Waals surface area contributed by atoms with Crippen LogP contribution in [0, 0.1) is 18.6 Å². The largest absolute Gasteiger partial charge is 0.493 e. The number of ether oxygens (including phenoxy) is 1. The van der Waals surface area contributed by atoms with Gasteiger partial charge in [0, 0.05) is 22.4 Å². The minimum atomic E-state index is -0.511. The topological polar surface area (TPSA) is 9.23 Å². The van der Waals surface area contributed by atoms with Crippen LogP contribution >= 0.6 is 15.9 Å². The standard InChI is InChI=1S/C17H15BrF2O/c1-10-8-13(15(20)9-14(10)19)17(18)12-6-7-21-16-5-3-2-4-11(12)16/h2-5,8-9,12,17H,6-7H2,1H3. The van der Waals surface area contributed by atoms with Gasteiger partial charge in [0.05, 0.1) is 6.61 Å². The van der Waals surface area contributed by atoms with E-state index in [9.17, 15) is 8.78 Å². The molecule has 4 heteroatoms. The van der Waals surface area contributed by atoms with E-state index < -0.39 is 11.6 Å². The van der Waals surface area contributed by atoms with Crippen molar-refractivity contribution >= 4 is 15.9 Å². The van der Waals surface area contributed by atoms with Crippen molar-refractivity contribution in [1.82, 2.24) is 0 Å². The number of fused-ring (bicyclic) bond motifs is 1. The van der Waals surface area contributed by atoms with E-state index in [0.29, 0.717) is 17.7 Å². The van der Waals surface area contributed by atoms with Crippen LogP contribution in [0.4, 0.5) is 8.78 Å². The monoisotopic (exact) mass is 352 g/mol. The normalized spacial score (nSPS) is 18.8. The maximum atomic E-state index is 14.1. The molecule has 1 nitrogen and oxygen atoms in total. The molecule has 2 unspecified atom stereocenters. The third-order valence-corrected chi connectivity index (χ3v) is 5.06. The molecule has 0 aromatic heterocycles. The van der Waals surface area contributed by atoms with Gasteiger partial charge >= 0.3 is 0 Å². The zero-order valence-electron chi connectivity index (χ0n) is 11.6. The summed E-state index contributed by atoms with van der Waals surface area (Å²) in [5.74, 6) is -0.0703. The van der Waals surface area contributed by atoms with Crippen LogP contribution in [0.2, 0.25) is 0 Å². The second-order valence-electron chi connectivity index (χ2n) is 5.31. The summed E-state index contributed by atoms with van der Waals surface area (Å²) in [6.45, 7) is 2.25. The zero-order chi connectivity index (χ0) is 15.0. The molecule has 0 N–H and O–H groups in total. The minimum Gasteiger partial charge on any atom is -0.493 e. The number of benzene rings is 2. The fraction of sp³-hybridized carbons (Fsp3) is 0.294. The molecule has 0 amide bonds. The summed E-state index contributed by atoms with van der Waals surface area (Å²) in [5.41, 5.74) is 2.01. The summed E-state index contributed by atoms with van der Waals surface area (Å²) in [6, 6.07) is 10.3. The van der Waals surface area contributed by atoms with Gasteiger partial charge in [-0.2, -0.15) is 0 Å². The molecular weight excluding hydrogens is 338 g/mol. The van der Waals surface area contributed by atoms with Gasteiger partial charge in [-0.05, 0) is 36.6 Å². The van der Waals surface area contributed by atoms with Crippen LogP contribution in [0.25, 0.3) is 0 Å². The molecule has 1 aliphatic heterocycles. The molecule has 2 aromatic carbocycles. The lowest BCUT2D eigenvalue weighted by molar-refractivity contribution is 0.265. The van der Waals surface area contributed by atoms with Crippen LogP contribution in [-0.2, 0) is 0 Å². The number of hydrogen-bond donors (Lipinski definition) is 0. The van der Waals surface area contributed by atoms with Crippen LogP contribution in [0.5, 0.6) is 5.75 Å². The first-order valence-electron chi connectivity index (χ1n) is 6.89. The van der Waals surface area contributed by atoms with Crippen molar-refractivity contribution in [3.05, 3.63) is 64.7 Å². The maximum Gasteiger partial charge on any atom is 0.130 e. The van der Waals surface area contributed by atoms with E-state index in [1.807, 2.05) is 24.3 Å². The van der Waals surface area contributed by atoms with Gasteiger partial charge < -0.3 is 4.74 Å². The molecule has 2 atom stereocenters. The molecule has 0 radical (unpaired) electrons. The van der Waals surface area contributed by atoms with Gasteiger partial charge in [-0.1, -0.05) is 34.1 Å². The van der Waals surface area contributed by atoms with Crippen molar-refractivity contribution in [2.45, 2.75) is 24.1 Å². The Hall–Kier alpha value is -1.42. The Labute approximate surface area is 131 Å². The lowest BCUT2D eigenvalue weighted by Crippen LogP contribution is -2.18. The molecule has 110 valence electrons. The van der Waals surface area contributed by atoms with E-state index >= 15 is 0 Å². The molecule has 2 aromatic rings. The Bertz CT molecular complexity index is 672. The van der Waals surface area contributed by atoms with E-state index in [1.54, 1.807) is 13.0 Å². The molecule has 0 saturated carbocycles. The molecule has 0 aliphatic carbocycles. The van der Waals surface area contributed by atoms with Crippen LogP contribution in [0.15, 0.2) is 36.4 Å². The van der Waals surface area contributed by atoms with Crippen molar-refractivity contribution in [3.8, 4) is 5.75 Å². The first-order valence-corrected chi connectivity index (χ1v) is 7.81. The van der Waals surface area contributed by atoms with Crippen molar-refractivity contribution in [2.24, 2.45) is 0 Å². The molecule has 1 heterocycles. The Morgan fingerprint density at radius 2 is 1.95 bits per heavy atom. The minimum absolute atomic E-state index is 0.106. The van der Waals surface area contributed by atoms with Gasteiger partial charge in [0.25, 0.3) is 0 Å². The average Bonchev–Trinajstić information content (AvgIpc) is 2.49. The lowest BCUT2D eigenvalue weighted by atomic mass is 9.87. The van der Waals surface area contributed by atoms with Gasteiger partial charge in [-0.3, -0.25) is 0 Å². The van der Waals surface area contributed by atoms with Crippen molar-refractivity contribution in [1.29, 1.82) is 0 Å². The van der Waals surface area contributed by atoms with Crippen LogP contribution < -0.4 is 4.74 Å². The molecule has 0 bridgehead atoms. The quantitative estimate of drug-likeness (QED) is 0.668. The molecule has 3 rings (SSSR count). The van der Waals surface area contributed by atoms with Crippen LogP contribution in [0.1, 0.15) is 33.9 Å².